The molecule has 0 aliphatic rings. The highest BCUT2D eigenvalue weighted by Gasteiger charge is 2.11. The zero-order valence-electron chi connectivity index (χ0n) is 13.5. The summed E-state index contributed by atoms with van der Waals surface area (Å²) in [5, 5.41) is 0. The monoisotopic (exact) mass is 266 g/mol. The summed E-state index contributed by atoms with van der Waals surface area (Å²) >= 11 is 0. The van der Waals surface area contributed by atoms with Crippen molar-refractivity contribution in [2.45, 2.75) is 60.8 Å². The van der Waals surface area contributed by atoms with Gasteiger partial charge in [-0.3, -0.25) is 0 Å². The predicted octanol–water partition coefficient (Wildman–Crippen LogP) is 4.90. The molecule has 0 radical (unpaired) electrons. The number of hydrogen-bond acceptors (Lipinski definition) is 2. The molecule has 0 saturated heterocycles. The second-order valence-corrected chi connectivity index (χ2v) is 6.48. The van der Waals surface area contributed by atoms with Gasteiger partial charge in [-0.2, -0.15) is 0 Å². The SMILES string of the molecule is CCOC(=O)C=C(C)C=CCC(C)CCC(C)(C)C. The van der Waals surface area contributed by atoms with E-state index in [1.165, 1.54) is 12.8 Å². The first-order chi connectivity index (χ1) is 8.74. The van der Waals surface area contributed by atoms with E-state index in [0.29, 0.717) is 17.9 Å². The Labute approximate surface area is 118 Å². The summed E-state index contributed by atoms with van der Waals surface area (Å²) in [6.45, 7) is 13.3. The molecule has 110 valence electrons. The van der Waals surface area contributed by atoms with Crippen molar-refractivity contribution in [1.82, 2.24) is 0 Å². The van der Waals surface area contributed by atoms with E-state index in [-0.39, 0.29) is 5.97 Å². The van der Waals surface area contributed by atoms with Gasteiger partial charge in [-0.15, -0.1) is 0 Å². The quantitative estimate of drug-likeness (QED) is 0.372. The first-order valence-corrected chi connectivity index (χ1v) is 7.26. The fourth-order valence-electron chi connectivity index (χ4n) is 1.70. The van der Waals surface area contributed by atoms with E-state index in [1.807, 2.05) is 19.9 Å². The number of hydrogen-bond donors (Lipinski definition) is 0. The van der Waals surface area contributed by atoms with Gasteiger partial charge in [-0.25, -0.2) is 4.79 Å². The standard InChI is InChI=1S/C17H30O2/c1-7-19-16(18)13-15(3)10-8-9-14(2)11-12-17(4,5)6/h8,10,13-14H,7,9,11-12H2,1-6H3. The molecule has 0 heterocycles. The van der Waals surface area contributed by atoms with Crippen LogP contribution in [-0.4, -0.2) is 12.6 Å². The van der Waals surface area contributed by atoms with Crippen molar-refractivity contribution in [1.29, 1.82) is 0 Å². The molecule has 0 aromatic rings. The van der Waals surface area contributed by atoms with E-state index in [2.05, 4.69) is 33.8 Å². The van der Waals surface area contributed by atoms with Gasteiger partial charge in [0.25, 0.3) is 0 Å². The lowest BCUT2D eigenvalue weighted by Crippen LogP contribution is -2.07. The van der Waals surface area contributed by atoms with E-state index in [9.17, 15) is 4.79 Å². The maximum Gasteiger partial charge on any atom is 0.330 e. The van der Waals surface area contributed by atoms with Crippen LogP contribution in [0.3, 0.4) is 0 Å². The average Bonchev–Trinajstić information content (AvgIpc) is 2.25. The molecule has 0 bridgehead atoms. The molecule has 2 nitrogen and oxygen atoms in total. The Balaban J connectivity index is 4.04. The summed E-state index contributed by atoms with van der Waals surface area (Å²) in [7, 11) is 0. The number of esters is 1. The average molecular weight is 266 g/mol. The highest BCUT2D eigenvalue weighted by atomic mass is 16.5. The molecule has 2 heteroatoms. The highest BCUT2D eigenvalue weighted by Crippen LogP contribution is 2.24. The van der Waals surface area contributed by atoms with Crippen LogP contribution in [0.2, 0.25) is 0 Å². The molecule has 0 N–H and O–H groups in total. The fourth-order valence-corrected chi connectivity index (χ4v) is 1.70. The van der Waals surface area contributed by atoms with Gasteiger partial charge in [0.05, 0.1) is 6.61 Å². The number of allylic oxidation sites excluding steroid dienone is 3. The van der Waals surface area contributed by atoms with Crippen molar-refractivity contribution < 1.29 is 9.53 Å². The highest BCUT2D eigenvalue weighted by molar-refractivity contribution is 5.83. The van der Waals surface area contributed by atoms with E-state index < -0.39 is 0 Å². The number of rotatable bonds is 7. The summed E-state index contributed by atoms with van der Waals surface area (Å²) in [5.41, 5.74) is 1.36. The van der Waals surface area contributed by atoms with Crippen LogP contribution in [0.15, 0.2) is 23.8 Å². The lowest BCUT2D eigenvalue weighted by molar-refractivity contribution is -0.137. The Morgan fingerprint density at radius 2 is 1.95 bits per heavy atom. The number of ether oxygens (including phenoxy) is 1. The van der Waals surface area contributed by atoms with Gasteiger partial charge in [0, 0.05) is 6.08 Å². The summed E-state index contributed by atoms with van der Waals surface area (Å²) in [4.78, 5) is 11.2. The van der Waals surface area contributed by atoms with Gasteiger partial charge >= 0.3 is 5.97 Å². The van der Waals surface area contributed by atoms with Crippen molar-refractivity contribution in [3.63, 3.8) is 0 Å². The normalized spacial score (nSPS) is 14.7. The molecule has 0 fully saturated rings. The minimum Gasteiger partial charge on any atom is -0.463 e. The van der Waals surface area contributed by atoms with Crippen molar-refractivity contribution in [3.05, 3.63) is 23.8 Å². The van der Waals surface area contributed by atoms with Crippen molar-refractivity contribution in [3.8, 4) is 0 Å². The molecule has 0 aromatic carbocycles. The zero-order valence-corrected chi connectivity index (χ0v) is 13.5. The van der Waals surface area contributed by atoms with Crippen molar-refractivity contribution in [2.75, 3.05) is 6.61 Å². The van der Waals surface area contributed by atoms with Gasteiger partial charge in [-0.05, 0) is 50.0 Å². The Bertz CT molecular complexity index is 319. The van der Waals surface area contributed by atoms with Crippen LogP contribution in [0.5, 0.6) is 0 Å². The molecule has 0 aliphatic heterocycles. The first-order valence-electron chi connectivity index (χ1n) is 7.26. The van der Waals surface area contributed by atoms with Gasteiger partial charge in [0.2, 0.25) is 0 Å². The molecule has 19 heavy (non-hydrogen) atoms. The van der Waals surface area contributed by atoms with E-state index >= 15 is 0 Å². The molecular formula is C17H30O2. The molecule has 0 amide bonds. The van der Waals surface area contributed by atoms with Crippen LogP contribution < -0.4 is 0 Å². The molecule has 0 spiro atoms. The maximum atomic E-state index is 11.2. The molecule has 0 aliphatic carbocycles. The number of carbonyl (C=O) groups excluding carboxylic acids is 1. The third-order valence-electron chi connectivity index (χ3n) is 2.94. The lowest BCUT2D eigenvalue weighted by atomic mass is 9.86. The fraction of sp³-hybridized carbons (Fsp3) is 0.706. The van der Waals surface area contributed by atoms with Gasteiger partial charge in [0.15, 0.2) is 0 Å². The van der Waals surface area contributed by atoms with E-state index in [1.54, 1.807) is 6.08 Å². The summed E-state index contributed by atoms with van der Waals surface area (Å²) in [6, 6.07) is 0. The minimum atomic E-state index is -0.259. The third-order valence-corrected chi connectivity index (χ3v) is 2.94. The molecule has 0 aromatic heterocycles. The zero-order chi connectivity index (χ0) is 14.9. The summed E-state index contributed by atoms with van der Waals surface area (Å²) < 4.78 is 4.87. The van der Waals surface area contributed by atoms with Crippen LogP contribution in [0, 0.1) is 11.3 Å². The summed E-state index contributed by atoms with van der Waals surface area (Å²) in [6.07, 6.45) is 9.25. The lowest BCUT2D eigenvalue weighted by Gasteiger charge is -2.20. The predicted molar refractivity (Wildman–Crippen MR) is 82.0 cm³/mol. The van der Waals surface area contributed by atoms with E-state index in [0.717, 1.165) is 12.0 Å². The molecular weight excluding hydrogens is 236 g/mol. The van der Waals surface area contributed by atoms with Crippen LogP contribution in [0.1, 0.15) is 60.8 Å². The van der Waals surface area contributed by atoms with Gasteiger partial charge in [-0.1, -0.05) is 39.8 Å². The van der Waals surface area contributed by atoms with Gasteiger partial charge in [0.1, 0.15) is 0 Å². The first kappa shape index (κ1) is 17.9. The third kappa shape index (κ3) is 11.8. The van der Waals surface area contributed by atoms with Crippen molar-refractivity contribution in [2.24, 2.45) is 11.3 Å². The summed E-state index contributed by atoms with van der Waals surface area (Å²) in [5.74, 6) is 0.427. The van der Waals surface area contributed by atoms with Crippen LogP contribution in [0.4, 0.5) is 0 Å². The maximum absolute atomic E-state index is 11.2. The van der Waals surface area contributed by atoms with Crippen LogP contribution in [0.25, 0.3) is 0 Å². The van der Waals surface area contributed by atoms with Gasteiger partial charge < -0.3 is 4.74 Å². The van der Waals surface area contributed by atoms with E-state index in [4.69, 9.17) is 4.74 Å². The molecule has 0 saturated carbocycles. The Morgan fingerprint density at radius 1 is 1.32 bits per heavy atom. The molecule has 0 rings (SSSR count). The molecule has 1 unspecified atom stereocenters. The Morgan fingerprint density at radius 3 is 2.47 bits per heavy atom. The smallest absolute Gasteiger partial charge is 0.330 e. The largest absolute Gasteiger partial charge is 0.463 e. The molecule has 1 atom stereocenters. The Hall–Kier alpha value is -1.05. The van der Waals surface area contributed by atoms with Crippen LogP contribution >= 0.6 is 0 Å². The topological polar surface area (TPSA) is 26.3 Å². The number of carbonyl (C=O) groups is 1. The van der Waals surface area contributed by atoms with Crippen molar-refractivity contribution >= 4 is 5.97 Å². The Kier molecular flexibility index (Phi) is 8.46. The van der Waals surface area contributed by atoms with Crippen LogP contribution in [-0.2, 0) is 9.53 Å². The minimum absolute atomic E-state index is 0.259. The second kappa shape index (κ2) is 8.95. The second-order valence-electron chi connectivity index (χ2n) is 6.48.